The summed E-state index contributed by atoms with van der Waals surface area (Å²) in [5.41, 5.74) is 3.15. The van der Waals surface area contributed by atoms with Gasteiger partial charge < -0.3 is 5.11 Å². The van der Waals surface area contributed by atoms with Gasteiger partial charge in [-0.05, 0) is 32.8 Å². The van der Waals surface area contributed by atoms with Crippen LogP contribution in [0.15, 0.2) is 12.3 Å². The summed E-state index contributed by atoms with van der Waals surface area (Å²) in [6, 6.07) is 2.54. The Kier molecular flexibility index (Phi) is 5.31. The van der Waals surface area contributed by atoms with Crippen LogP contribution in [-0.2, 0) is 6.54 Å². The minimum atomic E-state index is 0.181. The maximum absolute atomic E-state index is 9.30. The van der Waals surface area contributed by atoms with Crippen LogP contribution >= 0.6 is 0 Å². The van der Waals surface area contributed by atoms with Crippen LogP contribution < -0.4 is 0 Å². The van der Waals surface area contributed by atoms with Crippen molar-refractivity contribution < 1.29 is 5.11 Å². The molecule has 5 heteroatoms. The Bertz CT molecular complexity index is 589. The molecule has 2 aromatic heterocycles. The van der Waals surface area contributed by atoms with E-state index >= 15 is 0 Å². The molecular weight excluding hydrogens is 264 g/mol. The van der Waals surface area contributed by atoms with Gasteiger partial charge in [0.2, 0.25) is 5.78 Å². The maximum atomic E-state index is 9.30. The second kappa shape index (κ2) is 7.00. The van der Waals surface area contributed by atoms with Crippen molar-refractivity contribution >= 4 is 5.78 Å². The number of nitrogens with zero attached hydrogens (tertiary/aromatic N) is 4. The van der Waals surface area contributed by atoms with Crippen LogP contribution in [0, 0.1) is 13.8 Å². The van der Waals surface area contributed by atoms with Crippen LogP contribution in [0.3, 0.4) is 0 Å². The van der Waals surface area contributed by atoms with E-state index in [1.54, 1.807) is 0 Å². The van der Waals surface area contributed by atoms with E-state index in [0.29, 0.717) is 12.6 Å². The lowest BCUT2D eigenvalue weighted by atomic mass is 10.1. The number of aromatic nitrogens is 3. The van der Waals surface area contributed by atoms with E-state index < -0.39 is 0 Å². The van der Waals surface area contributed by atoms with Crippen molar-refractivity contribution in [1.82, 2.24) is 19.3 Å². The number of aliphatic hydroxyl groups excluding tert-OH is 1. The van der Waals surface area contributed by atoms with E-state index in [0.717, 1.165) is 42.2 Å². The molecular formula is C16H26N4O. The Balaban J connectivity index is 2.26. The van der Waals surface area contributed by atoms with Crippen LogP contribution in [0.25, 0.3) is 5.78 Å². The molecule has 0 atom stereocenters. The van der Waals surface area contributed by atoms with Crippen LogP contribution in [0.1, 0.15) is 43.8 Å². The average Bonchev–Trinajstić information content (AvgIpc) is 2.83. The van der Waals surface area contributed by atoms with Crippen molar-refractivity contribution in [2.75, 3.05) is 13.2 Å². The molecule has 0 aromatic carbocycles. The van der Waals surface area contributed by atoms with Gasteiger partial charge in [-0.1, -0.05) is 13.8 Å². The Morgan fingerprint density at radius 2 is 1.95 bits per heavy atom. The van der Waals surface area contributed by atoms with Gasteiger partial charge in [0.15, 0.2) is 0 Å². The fourth-order valence-electron chi connectivity index (χ4n) is 2.93. The minimum Gasteiger partial charge on any atom is -0.395 e. The Morgan fingerprint density at radius 1 is 1.24 bits per heavy atom. The number of aryl methyl sites for hydroxylation is 2. The Hall–Kier alpha value is -1.46. The number of rotatable bonds is 7. The number of imidazole rings is 1. The monoisotopic (exact) mass is 290 g/mol. The van der Waals surface area contributed by atoms with Gasteiger partial charge in [-0.15, -0.1) is 0 Å². The lowest BCUT2D eigenvalue weighted by Gasteiger charge is -2.28. The summed E-state index contributed by atoms with van der Waals surface area (Å²) < 4.78 is 2.03. The van der Waals surface area contributed by atoms with E-state index in [9.17, 15) is 5.11 Å². The van der Waals surface area contributed by atoms with E-state index in [-0.39, 0.29) is 6.61 Å². The van der Waals surface area contributed by atoms with Crippen LogP contribution in [-0.4, -0.2) is 43.6 Å². The molecule has 0 aliphatic heterocycles. The number of fused-ring (bicyclic) bond motifs is 1. The molecule has 2 heterocycles. The van der Waals surface area contributed by atoms with Crippen molar-refractivity contribution in [2.45, 2.75) is 53.1 Å². The van der Waals surface area contributed by atoms with Gasteiger partial charge in [0.1, 0.15) is 0 Å². The van der Waals surface area contributed by atoms with Crippen LogP contribution in [0.2, 0.25) is 0 Å². The first-order valence-electron chi connectivity index (χ1n) is 7.76. The zero-order valence-electron chi connectivity index (χ0n) is 13.5. The van der Waals surface area contributed by atoms with Crippen LogP contribution in [0.5, 0.6) is 0 Å². The third-order valence-corrected chi connectivity index (χ3v) is 4.02. The van der Waals surface area contributed by atoms with Crippen LogP contribution in [0.4, 0.5) is 0 Å². The quantitative estimate of drug-likeness (QED) is 0.850. The van der Waals surface area contributed by atoms with Crippen molar-refractivity contribution in [3.63, 3.8) is 0 Å². The van der Waals surface area contributed by atoms with Crippen molar-refractivity contribution in [3.8, 4) is 0 Å². The second-order valence-corrected chi connectivity index (χ2v) is 5.61. The molecule has 0 amide bonds. The molecule has 2 rings (SSSR count). The zero-order valence-corrected chi connectivity index (χ0v) is 13.5. The predicted octanol–water partition coefficient (Wildman–Crippen LogP) is 2.33. The molecule has 0 aliphatic rings. The van der Waals surface area contributed by atoms with Gasteiger partial charge in [0, 0.05) is 36.7 Å². The number of aliphatic hydroxyl groups is 1. The molecule has 0 radical (unpaired) electrons. The summed E-state index contributed by atoms with van der Waals surface area (Å²) in [7, 11) is 0. The Morgan fingerprint density at radius 3 is 2.57 bits per heavy atom. The standard InChI is InChI=1S/C16H26N4O/c1-5-15(6-2)19(7-8-21)10-14-11-20-13(4)9-12(3)17-16(20)18-14/h9,11,15,21H,5-8,10H2,1-4H3. The average molecular weight is 290 g/mol. The Labute approximate surface area is 126 Å². The molecule has 2 aromatic rings. The van der Waals surface area contributed by atoms with Crippen molar-refractivity contribution in [1.29, 1.82) is 0 Å². The van der Waals surface area contributed by atoms with Crippen molar-refractivity contribution in [2.24, 2.45) is 0 Å². The van der Waals surface area contributed by atoms with Gasteiger partial charge in [-0.25, -0.2) is 9.97 Å². The molecule has 1 N–H and O–H groups in total. The highest BCUT2D eigenvalue weighted by atomic mass is 16.3. The fraction of sp³-hybridized carbons (Fsp3) is 0.625. The summed E-state index contributed by atoms with van der Waals surface area (Å²) in [5.74, 6) is 0.760. The summed E-state index contributed by atoms with van der Waals surface area (Å²) >= 11 is 0. The highest BCUT2D eigenvalue weighted by molar-refractivity contribution is 5.34. The SMILES string of the molecule is CCC(CC)N(CCO)Cc1cn2c(C)cc(C)nc2n1. The van der Waals surface area contributed by atoms with E-state index in [2.05, 4.69) is 47.9 Å². The van der Waals surface area contributed by atoms with Crippen molar-refractivity contribution in [3.05, 3.63) is 29.3 Å². The second-order valence-electron chi connectivity index (χ2n) is 5.61. The van der Waals surface area contributed by atoms with Gasteiger partial charge in [0.05, 0.1) is 12.3 Å². The van der Waals surface area contributed by atoms with E-state index in [4.69, 9.17) is 0 Å². The van der Waals surface area contributed by atoms with Gasteiger partial charge >= 0.3 is 0 Å². The predicted molar refractivity (Wildman–Crippen MR) is 84.3 cm³/mol. The van der Waals surface area contributed by atoms with Gasteiger partial charge in [0.25, 0.3) is 0 Å². The summed E-state index contributed by atoms with van der Waals surface area (Å²) in [6.07, 6.45) is 4.23. The van der Waals surface area contributed by atoms with E-state index in [1.807, 2.05) is 11.3 Å². The first-order chi connectivity index (χ1) is 10.1. The first kappa shape index (κ1) is 15.9. The molecule has 0 unspecified atom stereocenters. The van der Waals surface area contributed by atoms with Gasteiger partial charge in [-0.2, -0.15) is 0 Å². The number of hydrogen-bond acceptors (Lipinski definition) is 4. The van der Waals surface area contributed by atoms with E-state index in [1.165, 1.54) is 0 Å². The topological polar surface area (TPSA) is 53.7 Å². The third-order valence-electron chi connectivity index (χ3n) is 4.02. The zero-order chi connectivity index (χ0) is 15.4. The summed E-state index contributed by atoms with van der Waals surface area (Å²) in [5, 5.41) is 9.30. The highest BCUT2D eigenvalue weighted by Crippen LogP contribution is 2.14. The van der Waals surface area contributed by atoms with Gasteiger partial charge in [-0.3, -0.25) is 9.30 Å². The fourth-order valence-corrected chi connectivity index (χ4v) is 2.93. The molecule has 5 nitrogen and oxygen atoms in total. The normalized spacial score (nSPS) is 12.0. The third kappa shape index (κ3) is 3.60. The first-order valence-corrected chi connectivity index (χ1v) is 7.76. The summed E-state index contributed by atoms with van der Waals surface area (Å²) in [6.45, 7) is 10.1. The molecule has 0 saturated carbocycles. The lowest BCUT2D eigenvalue weighted by Crippen LogP contribution is -2.36. The molecule has 0 aliphatic carbocycles. The smallest absolute Gasteiger partial charge is 0.234 e. The number of hydrogen-bond donors (Lipinski definition) is 1. The molecule has 21 heavy (non-hydrogen) atoms. The largest absolute Gasteiger partial charge is 0.395 e. The molecule has 0 spiro atoms. The minimum absolute atomic E-state index is 0.181. The molecule has 0 bridgehead atoms. The molecule has 116 valence electrons. The summed E-state index contributed by atoms with van der Waals surface area (Å²) in [4.78, 5) is 11.4. The molecule has 0 fully saturated rings. The molecule has 0 saturated heterocycles. The highest BCUT2D eigenvalue weighted by Gasteiger charge is 2.17. The lowest BCUT2D eigenvalue weighted by molar-refractivity contribution is 0.135. The maximum Gasteiger partial charge on any atom is 0.234 e.